The van der Waals surface area contributed by atoms with E-state index in [4.69, 9.17) is 10.00 Å². The number of rotatable bonds is 3. The van der Waals surface area contributed by atoms with Gasteiger partial charge in [0.1, 0.15) is 12.4 Å². The molecule has 0 bridgehead atoms. The van der Waals surface area contributed by atoms with Crippen molar-refractivity contribution in [1.82, 2.24) is 4.98 Å². The molecule has 96 valence electrons. The first-order chi connectivity index (χ1) is 9.86. The van der Waals surface area contributed by atoms with Crippen LogP contribution in [0.15, 0.2) is 60.8 Å². The van der Waals surface area contributed by atoms with Crippen LogP contribution in [0.4, 0.5) is 0 Å². The summed E-state index contributed by atoms with van der Waals surface area (Å²) in [5.41, 5.74) is 2.64. The molecule has 0 unspecified atom stereocenters. The molecule has 0 saturated carbocycles. The van der Waals surface area contributed by atoms with E-state index in [2.05, 4.69) is 11.1 Å². The molecule has 3 aromatic rings. The van der Waals surface area contributed by atoms with Crippen LogP contribution in [0.3, 0.4) is 0 Å². The highest BCUT2D eigenvalue weighted by molar-refractivity contribution is 5.81. The number of hydrogen-bond donors (Lipinski definition) is 0. The standard InChI is InChI=1S/C17H12N2O/c18-11-13-4-3-5-15(10-13)20-12-14-8-9-19-17-7-2-1-6-16(14)17/h1-10H,12H2. The van der Waals surface area contributed by atoms with Crippen molar-refractivity contribution in [3.63, 3.8) is 0 Å². The number of benzene rings is 2. The summed E-state index contributed by atoms with van der Waals surface area (Å²) in [6, 6.07) is 19.2. The van der Waals surface area contributed by atoms with Crippen LogP contribution < -0.4 is 4.74 Å². The van der Waals surface area contributed by atoms with Gasteiger partial charge < -0.3 is 4.74 Å². The van der Waals surface area contributed by atoms with E-state index < -0.39 is 0 Å². The van der Waals surface area contributed by atoms with Crippen LogP contribution in [-0.2, 0) is 6.61 Å². The van der Waals surface area contributed by atoms with Crippen LogP contribution in [0.1, 0.15) is 11.1 Å². The minimum Gasteiger partial charge on any atom is -0.489 e. The Morgan fingerprint density at radius 3 is 2.85 bits per heavy atom. The Bertz CT molecular complexity index is 785. The molecule has 2 aromatic carbocycles. The molecule has 3 heteroatoms. The molecule has 0 aliphatic heterocycles. The zero-order valence-electron chi connectivity index (χ0n) is 10.8. The highest BCUT2D eigenvalue weighted by Gasteiger charge is 2.02. The molecular formula is C17H12N2O. The second-order valence-corrected chi connectivity index (χ2v) is 4.42. The highest BCUT2D eigenvalue weighted by atomic mass is 16.5. The smallest absolute Gasteiger partial charge is 0.121 e. The molecule has 1 aromatic heterocycles. The second-order valence-electron chi connectivity index (χ2n) is 4.42. The molecule has 0 aliphatic rings. The molecule has 20 heavy (non-hydrogen) atoms. The summed E-state index contributed by atoms with van der Waals surface area (Å²) in [6.07, 6.45) is 1.78. The Hall–Kier alpha value is -2.86. The van der Waals surface area contributed by atoms with E-state index >= 15 is 0 Å². The van der Waals surface area contributed by atoms with Gasteiger partial charge in [0.2, 0.25) is 0 Å². The highest BCUT2D eigenvalue weighted by Crippen LogP contribution is 2.19. The van der Waals surface area contributed by atoms with Gasteiger partial charge in [-0.2, -0.15) is 5.26 Å². The lowest BCUT2D eigenvalue weighted by Gasteiger charge is -2.08. The fraction of sp³-hybridized carbons (Fsp3) is 0.0588. The summed E-state index contributed by atoms with van der Waals surface area (Å²) in [5.74, 6) is 0.699. The number of fused-ring (bicyclic) bond motifs is 1. The van der Waals surface area contributed by atoms with E-state index in [1.165, 1.54) is 0 Å². The van der Waals surface area contributed by atoms with E-state index in [0.717, 1.165) is 16.5 Å². The van der Waals surface area contributed by atoms with Gasteiger partial charge in [-0.25, -0.2) is 0 Å². The minimum absolute atomic E-state index is 0.456. The van der Waals surface area contributed by atoms with Gasteiger partial charge in [-0.05, 0) is 30.3 Å². The van der Waals surface area contributed by atoms with E-state index in [-0.39, 0.29) is 0 Å². The Kier molecular flexibility index (Phi) is 3.30. The average molecular weight is 260 g/mol. The van der Waals surface area contributed by atoms with Gasteiger partial charge >= 0.3 is 0 Å². The molecule has 0 saturated heterocycles. The molecule has 3 nitrogen and oxygen atoms in total. The number of aromatic nitrogens is 1. The van der Waals surface area contributed by atoms with E-state index in [1.54, 1.807) is 18.3 Å². The largest absolute Gasteiger partial charge is 0.489 e. The summed E-state index contributed by atoms with van der Waals surface area (Å²) < 4.78 is 5.76. The third-order valence-corrected chi connectivity index (χ3v) is 3.10. The number of pyridine rings is 1. The first-order valence-electron chi connectivity index (χ1n) is 6.32. The Morgan fingerprint density at radius 1 is 1.05 bits per heavy atom. The van der Waals surface area contributed by atoms with Gasteiger partial charge in [-0.15, -0.1) is 0 Å². The molecule has 0 fully saturated rings. The van der Waals surface area contributed by atoms with Crippen molar-refractivity contribution in [2.45, 2.75) is 6.61 Å². The Balaban J connectivity index is 1.85. The van der Waals surface area contributed by atoms with E-state index in [9.17, 15) is 0 Å². The average Bonchev–Trinajstić information content (AvgIpc) is 2.53. The van der Waals surface area contributed by atoms with E-state index in [1.807, 2.05) is 42.5 Å². The third kappa shape index (κ3) is 2.45. The first kappa shape index (κ1) is 12.2. The SMILES string of the molecule is N#Cc1cccc(OCc2ccnc3ccccc23)c1. The molecule has 0 radical (unpaired) electrons. The summed E-state index contributed by atoms with van der Waals surface area (Å²) in [5, 5.41) is 9.96. The molecule has 1 heterocycles. The molecule has 0 amide bonds. The summed E-state index contributed by atoms with van der Waals surface area (Å²) >= 11 is 0. The maximum absolute atomic E-state index is 8.87. The topological polar surface area (TPSA) is 45.9 Å². The zero-order valence-corrected chi connectivity index (χ0v) is 10.8. The van der Waals surface area contributed by atoms with Crippen LogP contribution in [0.5, 0.6) is 5.75 Å². The number of hydrogen-bond acceptors (Lipinski definition) is 3. The van der Waals surface area contributed by atoms with Crippen molar-refractivity contribution >= 4 is 10.9 Å². The lowest BCUT2D eigenvalue weighted by Crippen LogP contribution is -1.97. The lowest BCUT2D eigenvalue weighted by atomic mass is 10.1. The molecule has 0 aliphatic carbocycles. The minimum atomic E-state index is 0.456. The van der Waals surface area contributed by atoms with Crippen molar-refractivity contribution in [3.05, 3.63) is 71.9 Å². The Morgan fingerprint density at radius 2 is 1.95 bits per heavy atom. The molecular weight excluding hydrogens is 248 g/mol. The van der Waals surface area contributed by atoms with Gasteiger partial charge in [-0.1, -0.05) is 24.3 Å². The molecule has 0 spiro atoms. The van der Waals surface area contributed by atoms with Crippen molar-refractivity contribution in [1.29, 1.82) is 5.26 Å². The fourth-order valence-electron chi connectivity index (χ4n) is 2.10. The lowest BCUT2D eigenvalue weighted by molar-refractivity contribution is 0.307. The van der Waals surface area contributed by atoms with Gasteiger partial charge in [0.15, 0.2) is 0 Å². The molecule has 0 atom stereocenters. The predicted molar refractivity (Wildman–Crippen MR) is 77.2 cm³/mol. The third-order valence-electron chi connectivity index (χ3n) is 3.10. The van der Waals surface area contributed by atoms with Crippen LogP contribution in [0.25, 0.3) is 10.9 Å². The second kappa shape index (κ2) is 5.41. The Labute approximate surface area is 117 Å². The summed E-state index contributed by atoms with van der Waals surface area (Å²) in [4.78, 5) is 4.33. The number of para-hydroxylation sites is 1. The van der Waals surface area contributed by atoms with Crippen LogP contribution in [-0.4, -0.2) is 4.98 Å². The van der Waals surface area contributed by atoms with Crippen molar-refractivity contribution in [2.75, 3.05) is 0 Å². The van der Waals surface area contributed by atoms with Crippen molar-refractivity contribution < 1.29 is 4.74 Å². The van der Waals surface area contributed by atoms with Gasteiger partial charge in [-0.3, -0.25) is 4.98 Å². The fourth-order valence-corrected chi connectivity index (χ4v) is 2.10. The molecule has 0 N–H and O–H groups in total. The normalized spacial score (nSPS) is 10.2. The number of nitriles is 1. The van der Waals surface area contributed by atoms with Crippen LogP contribution in [0, 0.1) is 11.3 Å². The van der Waals surface area contributed by atoms with Crippen molar-refractivity contribution in [2.24, 2.45) is 0 Å². The van der Waals surface area contributed by atoms with Crippen molar-refractivity contribution in [3.8, 4) is 11.8 Å². The predicted octanol–water partition coefficient (Wildman–Crippen LogP) is 3.69. The van der Waals surface area contributed by atoms with Crippen LogP contribution >= 0.6 is 0 Å². The maximum Gasteiger partial charge on any atom is 0.121 e. The number of ether oxygens (including phenoxy) is 1. The van der Waals surface area contributed by atoms with Gasteiger partial charge in [0.25, 0.3) is 0 Å². The first-order valence-corrected chi connectivity index (χ1v) is 6.32. The van der Waals surface area contributed by atoms with Crippen LogP contribution in [0.2, 0.25) is 0 Å². The summed E-state index contributed by atoms with van der Waals surface area (Å²) in [6.45, 7) is 0.456. The maximum atomic E-state index is 8.87. The zero-order chi connectivity index (χ0) is 13.8. The summed E-state index contributed by atoms with van der Waals surface area (Å²) in [7, 11) is 0. The van der Waals surface area contributed by atoms with Gasteiger partial charge in [0, 0.05) is 17.1 Å². The quantitative estimate of drug-likeness (QED) is 0.721. The molecule has 3 rings (SSSR count). The number of nitrogens with zero attached hydrogens (tertiary/aromatic N) is 2. The monoisotopic (exact) mass is 260 g/mol. The van der Waals surface area contributed by atoms with Gasteiger partial charge in [0.05, 0.1) is 17.1 Å². The van der Waals surface area contributed by atoms with E-state index in [0.29, 0.717) is 17.9 Å².